The predicted octanol–water partition coefficient (Wildman–Crippen LogP) is 2.77. The molecule has 1 saturated carbocycles. The normalized spacial score (nSPS) is 20.2. The standard InChI is InChI=1S/C12H20N2S/c1-8(9(2)13-11-4-5-11)6-12-7-15-10(3)14-12/h7-9,11,13H,4-6H2,1-3H3. The van der Waals surface area contributed by atoms with Crippen molar-refractivity contribution in [2.45, 2.75) is 52.1 Å². The number of hydrogen-bond acceptors (Lipinski definition) is 3. The van der Waals surface area contributed by atoms with Crippen LogP contribution >= 0.6 is 11.3 Å². The lowest BCUT2D eigenvalue weighted by atomic mass is 9.98. The molecule has 0 saturated heterocycles. The maximum atomic E-state index is 4.52. The van der Waals surface area contributed by atoms with Crippen LogP contribution in [0.15, 0.2) is 5.38 Å². The third-order valence-corrected chi connectivity index (χ3v) is 3.95. The molecule has 2 nitrogen and oxygen atoms in total. The number of aromatic nitrogens is 1. The Kier molecular flexibility index (Phi) is 3.42. The highest BCUT2D eigenvalue weighted by Crippen LogP contribution is 2.22. The van der Waals surface area contributed by atoms with E-state index in [1.54, 1.807) is 11.3 Å². The summed E-state index contributed by atoms with van der Waals surface area (Å²) in [7, 11) is 0. The zero-order valence-electron chi connectivity index (χ0n) is 9.79. The zero-order chi connectivity index (χ0) is 10.8. The van der Waals surface area contributed by atoms with E-state index in [0.29, 0.717) is 12.0 Å². The minimum absolute atomic E-state index is 0.611. The first kappa shape index (κ1) is 11.1. The van der Waals surface area contributed by atoms with Crippen LogP contribution in [-0.2, 0) is 6.42 Å². The van der Waals surface area contributed by atoms with E-state index in [1.807, 2.05) is 0 Å². The zero-order valence-corrected chi connectivity index (χ0v) is 10.6. The summed E-state index contributed by atoms with van der Waals surface area (Å²) >= 11 is 1.75. The van der Waals surface area contributed by atoms with Crippen molar-refractivity contribution in [1.82, 2.24) is 10.3 Å². The predicted molar refractivity (Wildman–Crippen MR) is 65.3 cm³/mol. The number of hydrogen-bond donors (Lipinski definition) is 1. The van der Waals surface area contributed by atoms with Gasteiger partial charge in [0.05, 0.1) is 10.7 Å². The van der Waals surface area contributed by atoms with Gasteiger partial charge in [0.15, 0.2) is 0 Å². The quantitative estimate of drug-likeness (QED) is 0.832. The molecule has 0 aliphatic heterocycles. The number of rotatable bonds is 5. The van der Waals surface area contributed by atoms with Crippen LogP contribution in [0.1, 0.15) is 37.4 Å². The second-order valence-electron chi connectivity index (χ2n) is 4.77. The van der Waals surface area contributed by atoms with Gasteiger partial charge in [-0.15, -0.1) is 11.3 Å². The van der Waals surface area contributed by atoms with Crippen LogP contribution in [-0.4, -0.2) is 17.1 Å². The van der Waals surface area contributed by atoms with Gasteiger partial charge in [0, 0.05) is 17.5 Å². The summed E-state index contributed by atoms with van der Waals surface area (Å²) in [5.74, 6) is 0.673. The van der Waals surface area contributed by atoms with Crippen LogP contribution in [0.4, 0.5) is 0 Å². The maximum absolute atomic E-state index is 4.52. The van der Waals surface area contributed by atoms with E-state index in [1.165, 1.54) is 23.5 Å². The van der Waals surface area contributed by atoms with Crippen molar-refractivity contribution >= 4 is 11.3 Å². The maximum Gasteiger partial charge on any atom is 0.0897 e. The molecule has 3 heteroatoms. The lowest BCUT2D eigenvalue weighted by Gasteiger charge is -2.20. The Bertz CT molecular complexity index is 317. The molecular weight excluding hydrogens is 204 g/mol. The summed E-state index contributed by atoms with van der Waals surface area (Å²) in [5, 5.41) is 7.03. The molecule has 1 N–H and O–H groups in total. The van der Waals surface area contributed by atoms with E-state index in [0.717, 1.165) is 12.5 Å². The molecule has 84 valence electrons. The highest BCUT2D eigenvalue weighted by atomic mass is 32.1. The number of thiazole rings is 1. The highest BCUT2D eigenvalue weighted by molar-refractivity contribution is 7.09. The fourth-order valence-corrected chi connectivity index (χ4v) is 2.42. The highest BCUT2D eigenvalue weighted by Gasteiger charge is 2.25. The van der Waals surface area contributed by atoms with Crippen molar-refractivity contribution in [2.24, 2.45) is 5.92 Å². The summed E-state index contributed by atoms with van der Waals surface area (Å²) in [4.78, 5) is 4.52. The van der Waals surface area contributed by atoms with Gasteiger partial charge in [-0.25, -0.2) is 4.98 Å². The molecule has 0 amide bonds. The minimum Gasteiger partial charge on any atom is -0.311 e. The van der Waals surface area contributed by atoms with Crippen LogP contribution in [0.25, 0.3) is 0 Å². The Hall–Kier alpha value is -0.410. The van der Waals surface area contributed by atoms with E-state index in [2.05, 4.69) is 36.5 Å². The summed E-state index contributed by atoms with van der Waals surface area (Å²) in [6.45, 7) is 6.68. The third kappa shape index (κ3) is 3.28. The number of nitrogens with one attached hydrogen (secondary N) is 1. The summed E-state index contributed by atoms with van der Waals surface area (Å²) < 4.78 is 0. The van der Waals surface area contributed by atoms with E-state index in [9.17, 15) is 0 Å². The topological polar surface area (TPSA) is 24.9 Å². The molecule has 0 bridgehead atoms. The first-order valence-corrected chi connectivity index (χ1v) is 6.70. The van der Waals surface area contributed by atoms with Crippen molar-refractivity contribution < 1.29 is 0 Å². The van der Waals surface area contributed by atoms with Crippen LogP contribution in [0.5, 0.6) is 0 Å². The number of nitrogens with zero attached hydrogens (tertiary/aromatic N) is 1. The average Bonchev–Trinajstić information content (AvgIpc) is 2.90. The molecule has 1 aliphatic carbocycles. The molecule has 1 aromatic heterocycles. The molecule has 1 aromatic rings. The van der Waals surface area contributed by atoms with Crippen LogP contribution in [0, 0.1) is 12.8 Å². The van der Waals surface area contributed by atoms with Crippen molar-refractivity contribution in [3.05, 3.63) is 16.1 Å². The first-order valence-electron chi connectivity index (χ1n) is 5.82. The van der Waals surface area contributed by atoms with E-state index in [-0.39, 0.29) is 0 Å². The molecule has 1 fully saturated rings. The van der Waals surface area contributed by atoms with Gasteiger partial charge in [0.2, 0.25) is 0 Å². The second kappa shape index (κ2) is 4.62. The Labute approximate surface area is 96.1 Å². The molecule has 1 aliphatic rings. The van der Waals surface area contributed by atoms with Gasteiger partial charge >= 0.3 is 0 Å². The smallest absolute Gasteiger partial charge is 0.0897 e. The van der Waals surface area contributed by atoms with Gasteiger partial charge in [-0.3, -0.25) is 0 Å². The van der Waals surface area contributed by atoms with Gasteiger partial charge in [-0.05, 0) is 39.0 Å². The summed E-state index contributed by atoms with van der Waals surface area (Å²) in [6, 6.07) is 1.42. The van der Waals surface area contributed by atoms with E-state index >= 15 is 0 Å². The van der Waals surface area contributed by atoms with Crippen molar-refractivity contribution in [2.75, 3.05) is 0 Å². The minimum atomic E-state index is 0.611. The SMILES string of the molecule is Cc1nc(CC(C)C(C)NC2CC2)cs1. The molecule has 15 heavy (non-hydrogen) atoms. The Morgan fingerprint density at radius 3 is 2.80 bits per heavy atom. The Morgan fingerprint density at radius 2 is 2.27 bits per heavy atom. The van der Waals surface area contributed by atoms with Gasteiger partial charge in [0.1, 0.15) is 0 Å². The fraction of sp³-hybridized carbons (Fsp3) is 0.750. The largest absolute Gasteiger partial charge is 0.311 e. The molecule has 0 spiro atoms. The molecule has 0 aromatic carbocycles. The Morgan fingerprint density at radius 1 is 1.53 bits per heavy atom. The fourth-order valence-electron chi connectivity index (χ4n) is 1.79. The lowest BCUT2D eigenvalue weighted by Crippen LogP contribution is -2.34. The second-order valence-corrected chi connectivity index (χ2v) is 5.83. The van der Waals surface area contributed by atoms with Crippen LogP contribution < -0.4 is 5.32 Å². The van der Waals surface area contributed by atoms with Gasteiger partial charge in [0.25, 0.3) is 0 Å². The van der Waals surface area contributed by atoms with Crippen molar-refractivity contribution in [1.29, 1.82) is 0 Å². The lowest BCUT2D eigenvalue weighted by molar-refractivity contribution is 0.393. The van der Waals surface area contributed by atoms with Gasteiger partial charge in [-0.1, -0.05) is 6.92 Å². The summed E-state index contributed by atoms with van der Waals surface area (Å²) in [6.07, 6.45) is 3.84. The third-order valence-electron chi connectivity index (χ3n) is 3.13. The molecule has 2 unspecified atom stereocenters. The van der Waals surface area contributed by atoms with E-state index in [4.69, 9.17) is 0 Å². The molecule has 1 heterocycles. The Balaban J connectivity index is 1.82. The first-order chi connectivity index (χ1) is 7.15. The van der Waals surface area contributed by atoms with Crippen LogP contribution in [0.2, 0.25) is 0 Å². The van der Waals surface area contributed by atoms with Crippen LogP contribution in [0.3, 0.4) is 0 Å². The van der Waals surface area contributed by atoms with Gasteiger partial charge < -0.3 is 5.32 Å². The van der Waals surface area contributed by atoms with Crippen molar-refractivity contribution in [3.8, 4) is 0 Å². The average molecular weight is 224 g/mol. The summed E-state index contributed by atoms with van der Waals surface area (Å²) in [5.41, 5.74) is 1.26. The van der Waals surface area contributed by atoms with Crippen molar-refractivity contribution in [3.63, 3.8) is 0 Å². The molecule has 0 radical (unpaired) electrons. The monoisotopic (exact) mass is 224 g/mol. The molecule has 2 atom stereocenters. The molecular formula is C12H20N2S. The van der Waals surface area contributed by atoms with Gasteiger partial charge in [-0.2, -0.15) is 0 Å². The van der Waals surface area contributed by atoms with E-state index < -0.39 is 0 Å². The number of aryl methyl sites for hydroxylation is 1. The molecule has 2 rings (SSSR count).